The highest BCUT2D eigenvalue weighted by Crippen LogP contribution is 2.13. The smallest absolute Gasteiger partial charge is 0.224 e. The Labute approximate surface area is 133 Å². The first-order valence-corrected chi connectivity index (χ1v) is 8.34. The molecule has 0 spiro atoms. The number of ether oxygens (including phenoxy) is 1. The fourth-order valence-electron chi connectivity index (χ4n) is 3.22. The molecule has 0 bridgehead atoms. The van der Waals surface area contributed by atoms with Crippen LogP contribution in [0.4, 0.5) is 0 Å². The predicted octanol–water partition coefficient (Wildman–Crippen LogP) is 0.426. The first-order chi connectivity index (χ1) is 10.6. The average Bonchev–Trinajstić information content (AvgIpc) is 2.71. The molecule has 2 saturated heterocycles. The molecule has 2 rings (SSSR count). The highest BCUT2D eigenvalue weighted by atomic mass is 16.5. The van der Waals surface area contributed by atoms with E-state index >= 15 is 0 Å². The van der Waals surface area contributed by atoms with Crippen molar-refractivity contribution in [2.24, 2.45) is 5.92 Å². The zero-order chi connectivity index (χ0) is 15.9. The van der Waals surface area contributed by atoms with Gasteiger partial charge in [-0.3, -0.25) is 9.59 Å². The van der Waals surface area contributed by atoms with Crippen molar-refractivity contribution in [3.63, 3.8) is 0 Å². The van der Waals surface area contributed by atoms with E-state index in [4.69, 9.17) is 4.74 Å². The number of hydrogen-bond donors (Lipinski definition) is 0. The van der Waals surface area contributed by atoms with Crippen LogP contribution in [0.2, 0.25) is 0 Å². The summed E-state index contributed by atoms with van der Waals surface area (Å²) in [5.41, 5.74) is 0. The molecule has 0 aromatic rings. The van der Waals surface area contributed by atoms with Gasteiger partial charge in [-0.25, -0.2) is 0 Å². The van der Waals surface area contributed by atoms with Crippen LogP contribution in [-0.4, -0.2) is 86.5 Å². The number of likely N-dealkylation sites (tertiary alicyclic amines) is 1. The molecule has 0 aromatic carbocycles. The standard InChI is InChI=1S/C16H29N3O3/c1-17(2)11-14-12-19(9-10-22-13-14)16(21)6-8-18-7-4-3-5-15(18)20/h14H,3-13H2,1-2H3/t14-/m0/s1. The van der Waals surface area contributed by atoms with Gasteiger partial charge in [0.05, 0.1) is 13.2 Å². The van der Waals surface area contributed by atoms with E-state index in [0.29, 0.717) is 45.1 Å². The quantitative estimate of drug-likeness (QED) is 0.739. The van der Waals surface area contributed by atoms with Gasteiger partial charge in [0.25, 0.3) is 0 Å². The summed E-state index contributed by atoms with van der Waals surface area (Å²) < 4.78 is 5.61. The minimum Gasteiger partial charge on any atom is -0.379 e. The highest BCUT2D eigenvalue weighted by Gasteiger charge is 2.24. The first kappa shape index (κ1) is 17.2. The number of piperidine rings is 1. The lowest BCUT2D eigenvalue weighted by atomic mass is 10.1. The third kappa shape index (κ3) is 5.25. The van der Waals surface area contributed by atoms with Crippen LogP contribution >= 0.6 is 0 Å². The maximum absolute atomic E-state index is 12.5. The van der Waals surface area contributed by atoms with Crippen LogP contribution in [0.3, 0.4) is 0 Å². The third-order valence-corrected chi connectivity index (χ3v) is 4.33. The van der Waals surface area contributed by atoms with Crippen molar-refractivity contribution in [1.82, 2.24) is 14.7 Å². The lowest BCUT2D eigenvalue weighted by molar-refractivity contribution is -0.136. The van der Waals surface area contributed by atoms with Crippen LogP contribution in [0, 0.1) is 5.92 Å². The zero-order valence-corrected chi connectivity index (χ0v) is 13.9. The molecular weight excluding hydrogens is 282 g/mol. The van der Waals surface area contributed by atoms with Crippen molar-refractivity contribution in [3.05, 3.63) is 0 Å². The summed E-state index contributed by atoms with van der Waals surface area (Å²) in [5.74, 6) is 0.703. The zero-order valence-electron chi connectivity index (χ0n) is 13.9. The van der Waals surface area contributed by atoms with Crippen molar-refractivity contribution < 1.29 is 14.3 Å². The van der Waals surface area contributed by atoms with Crippen molar-refractivity contribution in [3.8, 4) is 0 Å². The Morgan fingerprint density at radius 2 is 2.14 bits per heavy atom. The molecule has 2 aliphatic heterocycles. The van der Waals surface area contributed by atoms with Crippen LogP contribution in [0.15, 0.2) is 0 Å². The Kier molecular flexibility index (Phi) is 6.64. The van der Waals surface area contributed by atoms with Gasteiger partial charge in [0.2, 0.25) is 11.8 Å². The Bertz CT molecular complexity index is 387. The fourth-order valence-corrected chi connectivity index (χ4v) is 3.22. The van der Waals surface area contributed by atoms with Crippen LogP contribution in [0.1, 0.15) is 25.7 Å². The van der Waals surface area contributed by atoms with Gasteiger partial charge in [0.1, 0.15) is 0 Å². The van der Waals surface area contributed by atoms with Crippen LogP contribution < -0.4 is 0 Å². The van der Waals surface area contributed by atoms with Crippen molar-refractivity contribution in [2.45, 2.75) is 25.7 Å². The molecule has 6 nitrogen and oxygen atoms in total. The van der Waals surface area contributed by atoms with Crippen LogP contribution in [0.5, 0.6) is 0 Å². The van der Waals surface area contributed by atoms with Crippen molar-refractivity contribution >= 4 is 11.8 Å². The van der Waals surface area contributed by atoms with E-state index in [1.165, 1.54) is 0 Å². The van der Waals surface area contributed by atoms with Gasteiger partial charge in [0.15, 0.2) is 0 Å². The Morgan fingerprint density at radius 1 is 1.32 bits per heavy atom. The molecule has 0 radical (unpaired) electrons. The number of rotatable bonds is 5. The molecule has 22 heavy (non-hydrogen) atoms. The Balaban J connectivity index is 1.80. The molecule has 0 saturated carbocycles. The molecule has 6 heteroatoms. The van der Waals surface area contributed by atoms with Gasteiger partial charge in [-0.2, -0.15) is 0 Å². The summed E-state index contributed by atoms with van der Waals surface area (Å²) in [5, 5.41) is 0. The van der Waals surface area contributed by atoms with Crippen LogP contribution in [-0.2, 0) is 14.3 Å². The van der Waals surface area contributed by atoms with E-state index in [1.807, 2.05) is 23.9 Å². The van der Waals surface area contributed by atoms with E-state index in [0.717, 1.165) is 32.5 Å². The predicted molar refractivity (Wildman–Crippen MR) is 84.5 cm³/mol. The summed E-state index contributed by atoms with van der Waals surface area (Å²) >= 11 is 0. The van der Waals surface area contributed by atoms with Gasteiger partial charge in [0, 0.05) is 51.5 Å². The summed E-state index contributed by atoms with van der Waals surface area (Å²) in [6.45, 7) is 5.03. The largest absolute Gasteiger partial charge is 0.379 e. The van der Waals surface area contributed by atoms with Crippen LogP contribution in [0.25, 0.3) is 0 Å². The van der Waals surface area contributed by atoms with Crippen molar-refractivity contribution in [1.29, 1.82) is 0 Å². The fraction of sp³-hybridized carbons (Fsp3) is 0.875. The lowest BCUT2D eigenvalue weighted by Gasteiger charge is -2.29. The lowest BCUT2D eigenvalue weighted by Crippen LogP contribution is -2.42. The molecule has 2 heterocycles. The topological polar surface area (TPSA) is 53.1 Å². The minimum absolute atomic E-state index is 0.146. The number of carbonyl (C=O) groups excluding carboxylic acids is 2. The van der Waals surface area contributed by atoms with E-state index in [2.05, 4.69) is 4.90 Å². The molecular formula is C16H29N3O3. The second kappa shape index (κ2) is 8.48. The average molecular weight is 311 g/mol. The third-order valence-electron chi connectivity index (χ3n) is 4.33. The maximum atomic E-state index is 12.5. The Morgan fingerprint density at radius 3 is 2.86 bits per heavy atom. The van der Waals surface area contributed by atoms with Crippen molar-refractivity contribution in [2.75, 3.05) is 60.0 Å². The summed E-state index contributed by atoms with van der Waals surface area (Å²) in [4.78, 5) is 30.1. The SMILES string of the molecule is CN(C)C[C@@H]1COCCN(C(=O)CCN2CCCCC2=O)C1. The first-order valence-electron chi connectivity index (χ1n) is 8.34. The second-order valence-electron chi connectivity index (χ2n) is 6.63. The number of carbonyl (C=O) groups is 2. The van der Waals surface area contributed by atoms with Gasteiger partial charge in [-0.1, -0.05) is 0 Å². The summed E-state index contributed by atoms with van der Waals surface area (Å²) in [6.07, 6.45) is 3.11. The number of amides is 2. The van der Waals surface area contributed by atoms with E-state index < -0.39 is 0 Å². The molecule has 2 fully saturated rings. The van der Waals surface area contributed by atoms with E-state index in [9.17, 15) is 9.59 Å². The number of nitrogens with zero attached hydrogens (tertiary/aromatic N) is 3. The summed E-state index contributed by atoms with van der Waals surface area (Å²) in [7, 11) is 4.08. The summed E-state index contributed by atoms with van der Waals surface area (Å²) in [6, 6.07) is 0. The normalized spacial score (nSPS) is 23.8. The Hall–Kier alpha value is -1.14. The van der Waals surface area contributed by atoms with Gasteiger partial charge in [-0.15, -0.1) is 0 Å². The second-order valence-corrected chi connectivity index (χ2v) is 6.63. The molecule has 0 aliphatic carbocycles. The monoisotopic (exact) mass is 311 g/mol. The molecule has 2 aliphatic rings. The molecule has 0 N–H and O–H groups in total. The molecule has 0 aromatic heterocycles. The van der Waals surface area contributed by atoms with E-state index in [-0.39, 0.29) is 11.8 Å². The molecule has 1 atom stereocenters. The number of hydrogen-bond acceptors (Lipinski definition) is 4. The highest BCUT2D eigenvalue weighted by molar-refractivity contribution is 5.79. The molecule has 0 unspecified atom stereocenters. The van der Waals surface area contributed by atoms with Gasteiger partial charge >= 0.3 is 0 Å². The molecule has 2 amide bonds. The van der Waals surface area contributed by atoms with Gasteiger partial charge < -0.3 is 19.4 Å². The van der Waals surface area contributed by atoms with Gasteiger partial charge in [-0.05, 0) is 26.9 Å². The van der Waals surface area contributed by atoms with E-state index in [1.54, 1.807) is 0 Å². The molecule has 126 valence electrons. The maximum Gasteiger partial charge on any atom is 0.224 e. The minimum atomic E-state index is 0.146.